The Balaban J connectivity index is 1.91. The van der Waals surface area contributed by atoms with Gasteiger partial charge in [-0.1, -0.05) is 6.42 Å². The second-order valence-corrected chi connectivity index (χ2v) is 5.97. The Morgan fingerprint density at radius 2 is 1.92 bits per heavy atom. The zero-order valence-corrected chi connectivity index (χ0v) is 14.2. The highest BCUT2D eigenvalue weighted by Gasteiger charge is 2.24. The number of amides is 2. The van der Waals surface area contributed by atoms with Gasteiger partial charge in [-0.3, -0.25) is 14.4 Å². The molecule has 1 aromatic carbocycles. The first-order chi connectivity index (χ1) is 12.3. The van der Waals surface area contributed by atoms with Crippen LogP contribution in [0, 0.1) is 17.5 Å². The molecule has 142 valence electrons. The summed E-state index contributed by atoms with van der Waals surface area (Å²) in [4.78, 5) is 37.1. The zero-order chi connectivity index (χ0) is 19.3. The molecule has 1 fully saturated rings. The lowest BCUT2D eigenvalue weighted by molar-refractivity contribution is -0.156. The quantitative estimate of drug-likeness (QED) is 0.636. The van der Waals surface area contributed by atoms with Crippen LogP contribution in [0.1, 0.15) is 32.6 Å². The minimum absolute atomic E-state index is 0.152. The van der Waals surface area contributed by atoms with Crippen LogP contribution in [0.4, 0.5) is 18.9 Å². The smallest absolute Gasteiger partial charge is 0.326 e. The van der Waals surface area contributed by atoms with Crippen molar-refractivity contribution in [2.75, 3.05) is 18.4 Å². The van der Waals surface area contributed by atoms with Crippen LogP contribution in [0.2, 0.25) is 0 Å². The van der Waals surface area contributed by atoms with E-state index in [-0.39, 0.29) is 12.5 Å². The molecule has 1 atom stereocenters. The average Bonchev–Trinajstić information content (AvgIpc) is 2.79. The molecule has 0 aliphatic carbocycles. The summed E-state index contributed by atoms with van der Waals surface area (Å²) in [6.07, 6.45) is 1.50. The van der Waals surface area contributed by atoms with Crippen molar-refractivity contribution in [2.45, 2.75) is 38.7 Å². The van der Waals surface area contributed by atoms with Crippen molar-refractivity contribution in [2.24, 2.45) is 0 Å². The molecule has 0 unspecified atom stereocenters. The Kier molecular flexibility index (Phi) is 6.59. The van der Waals surface area contributed by atoms with E-state index in [2.05, 4.69) is 0 Å². The van der Waals surface area contributed by atoms with Crippen LogP contribution in [0.15, 0.2) is 12.1 Å². The number of anilines is 1. The molecule has 1 aromatic rings. The first-order valence-electron chi connectivity index (χ1n) is 8.21. The number of nitrogens with zero attached hydrogens (tertiary/aromatic N) is 1. The Hall–Kier alpha value is -2.58. The van der Waals surface area contributed by atoms with Crippen molar-refractivity contribution in [3.63, 3.8) is 0 Å². The largest absolute Gasteiger partial charge is 0.451 e. The van der Waals surface area contributed by atoms with Crippen molar-refractivity contribution in [3.8, 4) is 0 Å². The molecule has 0 saturated carbocycles. The predicted octanol–water partition coefficient (Wildman–Crippen LogP) is 2.38. The molecule has 2 amide bonds. The van der Waals surface area contributed by atoms with E-state index in [0.717, 1.165) is 25.3 Å². The minimum Gasteiger partial charge on any atom is -0.451 e. The number of nitrogens with one attached hydrogen (secondary N) is 1. The van der Waals surface area contributed by atoms with Crippen LogP contribution in [-0.4, -0.2) is 41.9 Å². The van der Waals surface area contributed by atoms with Crippen LogP contribution in [-0.2, 0) is 19.1 Å². The van der Waals surface area contributed by atoms with Crippen molar-refractivity contribution in [3.05, 3.63) is 29.6 Å². The number of carbonyl (C=O) groups excluding carboxylic acids is 3. The SMILES string of the molecule is C[C@@H](OC(=O)CN1CCCCCC1=O)C(=O)Nc1ccc(F)c(F)c1F. The fourth-order valence-electron chi connectivity index (χ4n) is 2.51. The molecule has 2 rings (SSSR count). The van der Waals surface area contributed by atoms with Gasteiger partial charge in [0, 0.05) is 13.0 Å². The van der Waals surface area contributed by atoms with E-state index in [4.69, 9.17) is 4.74 Å². The van der Waals surface area contributed by atoms with Gasteiger partial charge in [0.1, 0.15) is 6.54 Å². The summed E-state index contributed by atoms with van der Waals surface area (Å²) >= 11 is 0. The zero-order valence-electron chi connectivity index (χ0n) is 14.2. The lowest BCUT2D eigenvalue weighted by Crippen LogP contribution is -2.38. The Morgan fingerprint density at radius 3 is 2.65 bits per heavy atom. The summed E-state index contributed by atoms with van der Waals surface area (Å²) in [5, 5.41) is 2.03. The monoisotopic (exact) mass is 372 g/mol. The van der Waals surface area contributed by atoms with E-state index in [0.29, 0.717) is 19.0 Å². The molecular formula is C17H19F3N2O4. The summed E-state index contributed by atoms with van der Waals surface area (Å²) in [5.74, 6) is -6.50. The van der Waals surface area contributed by atoms with E-state index in [1.165, 1.54) is 11.8 Å². The van der Waals surface area contributed by atoms with Crippen LogP contribution in [0.25, 0.3) is 0 Å². The van der Waals surface area contributed by atoms with Gasteiger partial charge in [-0.2, -0.15) is 0 Å². The van der Waals surface area contributed by atoms with Gasteiger partial charge in [0.15, 0.2) is 23.6 Å². The fourth-order valence-corrected chi connectivity index (χ4v) is 2.51. The first kappa shape index (κ1) is 19.7. The van der Waals surface area contributed by atoms with Crippen molar-refractivity contribution < 1.29 is 32.3 Å². The molecule has 1 saturated heterocycles. The van der Waals surface area contributed by atoms with Gasteiger partial charge in [-0.05, 0) is 31.9 Å². The van der Waals surface area contributed by atoms with Gasteiger partial charge in [0.2, 0.25) is 5.91 Å². The molecule has 0 radical (unpaired) electrons. The van der Waals surface area contributed by atoms with E-state index in [1.807, 2.05) is 5.32 Å². The number of ether oxygens (including phenoxy) is 1. The van der Waals surface area contributed by atoms with Gasteiger partial charge in [0.05, 0.1) is 5.69 Å². The number of carbonyl (C=O) groups is 3. The van der Waals surface area contributed by atoms with Gasteiger partial charge >= 0.3 is 5.97 Å². The average molecular weight is 372 g/mol. The Morgan fingerprint density at radius 1 is 1.19 bits per heavy atom. The maximum atomic E-state index is 13.6. The van der Waals surface area contributed by atoms with Gasteiger partial charge in [-0.15, -0.1) is 0 Å². The van der Waals surface area contributed by atoms with Gasteiger partial charge in [0.25, 0.3) is 5.91 Å². The second kappa shape index (κ2) is 8.68. The Labute approximate surface area is 148 Å². The standard InChI is InChI=1S/C17H19F3N2O4/c1-10(17(25)21-12-7-6-11(18)15(19)16(12)20)26-14(24)9-22-8-4-2-3-5-13(22)23/h6-7,10H,2-5,8-9H2,1H3,(H,21,25)/t10-/m1/s1. The van der Waals surface area contributed by atoms with E-state index in [9.17, 15) is 27.6 Å². The number of esters is 1. The predicted molar refractivity (Wildman–Crippen MR) is 85.5 cm³/mol. The van der Waals surface area contributed by atoms with Crippen molar-refractivity contribution >= 4 is 23.5 Å². The fraction of sp³-hybridized carbons (Fsp3) is 0.471. The number of benzene rings is 1. The van der Waals surface area contributed by atoms with Crippen molar-refractivity contribution in [1.82, 2.24) is 4.90 Å². The maximum absolute atomic E-state index is 13.6. The molecule has 0 spiro atoms. The van der Waals surface area contributed by atoms with Crippen LogP contribution in [0.5, 0.6) is 0 Å². The molecule has 1 aliphatic rings. The van der Waals surface area contributed by atoms with Crippen LogP contribution >= 0.6 is 0 Å². The molecular weight excluding hydrogens is 353 g/mol. The van der Waals surface area contributed by atoms with E-state index < -0.39 is 41.1 Å². The summed E-state index contributed by atoms with van der Waals surface area (Å²) < 4.78 is 44.5. The summed E-state index contributed by atoms with van der Waals surface area (Å²) in [6, 6.07) is 1.52. The molecule has 0 bridgehead atoms. The number of rotatable bonds is 5. The molecule has 1 aliphatic heterocycles. The van der Waals surface area contributed by atoms with Crippen molar-refractivity contribution in [1.29, 1.82) is 0 Å². The number of likely N-dealkylation sites (tertiary alicyclic amines) is 1. The topological polar surface area (TPSA) is 75.7 Å². The molecule has 1 heterocycles. The minimum atomic E-state index is -1.72. The van der Waals surface area contributed by atoms with Crippen LogP contribution in [0.3, 0.4) is 0 Å². The second-order valence-electron chi connectivity index (χ2n) is 5.97. The summed E-state index contributed by atoms with van der Waals surface area (Å²) in [7, 11) is 0. The first-order valence-corrected chi connectivity index (χ1v) is 8.21. The lowest BCUT2D eigenvalue weighted by atomic mass is 10.2. The summed E-state index contributed by atoms with van der Waals surface area (Å²) in [5.41, 5.74) is -0.570. The van der Waals surface area contributed by atoms with E-state index >= 15 is 0 Å². The highest BCUT2D eigenvalue weighted by atomic mass is 19.2. The van der Waals surface area contributed by atoms with E-state index in [1.54, 1.807) is 0 Å². The summed E-state index contributed by atoms with van der Waals surface area (Å²) in [6.45, 7) is 1.40. The third-order valence-electron chi connectivity index (χ3n) is 3.96. The molecule has 1 N–H and O–H groups in total. The third kappa shape index (κ3) is 4.96. The maximum Gasteiger partial charge on any atom is 0.326 e. The highest BCUT2D eigenvalue weighted by molar-refractivity contribution is 5.95. The normalized spacial score (nSPS) is 16.0. The van der Waals surface area contributed by atoms with Crippen LogP contribution < -0.4 is 5.32 Å². The molecule has 6 nitrogen and oxygen atoms in total. The third-order valence-corrected chi connectivity index (χ3v) is 3.96. The lowest BCUT2D eigenvalue weighted by Gasteiger charge is -2.21. The molecule has 0 aromatic heterocycles. The molecule has 26 heavy (non-hydrogen) atoms. The number of halogens is 3. The Bertz CT molecular complexity index is 711. The number of hydrogen-bond acceptors (Lipinski definition) is 4. The highest BCUT2D eigenvalue weighted by Crippen LogP contribution is 2.20. The van der Waals surface area contributed by atoms with Gasteiger partial charge in [-0.25, -0.2) is 13.2 Å². The number of hydrogen-bond donors (Lipinski definition) is 1. The molecule has 9 heteroatoms. The van der Waals surface area contributed by atoms with Gasteiger partial charge < -0.3 is 15.0 Å².